The van der Waals surface area contributed by atoms with Gasteiger partial charge >= 0.3 is 0 Å². The van der Waals surface area contributed by atoms with Crippen molar-refractivity contribution in [2.24, 2.45) is 0 Å². The summed E-state index contributed by atoms with van der Waals surface area (Å²) < 4.78 is 23.1. The van der Waals surface area contributed by atoms with E-state index in [0.717, 1.165) is 13.1 Å². The van der Waals surface area contributed by atoms with Gasteiger partial charge in [0.05, 0.1) is 22.1 Å². The summed E-state index contributed by atoms with van der Waals surface area (Å²) in [5.41, 5.74) is 0.529. The van der Waals surface area contributed by atoms with Gasteiger partial charge in [-0.3, -0.25) is 9.69 Å². The summed E-state index contributed by atoms with van der Waals surface area (Å²) in [7, 11) is -2.86. The molecule has 0 radical (unpaired) electrons. The molecule has 1 aromatic carbocycles. The van der Waals surface area contributed by atoms with Crippen LogP contribution in [0.3, 0.4) is 0 Å². The SMILES string of the molecule is O=C(c1ccccc1Cl)N1CCN(C2CCS(=O)(=O)C2)CC1. The lowest BCUT2D eigenvalue weighted by Crippen LogP contribution is -2.52. The summed E-state index contributed by atoms with van der Waals surface area (Å²) in [6, 6.07) is 7.17. The maximum Gasteiger partial charge on any atom is 0.255 e. The molecule has 22 heavy (non-hydrogen) atoms. The highest BCUT2D eigenvalue weighted by molar-refractivity contribution is 7.91. The Bertz CT molecular complexity index is 669. The fourth-order valence-electron chi connectivity index (χ4n) is 3.16. The molecule has 0 spiro atoms. The molecule has 3 rings (SSSR count). The van der Waals surface area contributed by atoms with Crippen LogP contribution in [0.4, 0.5) is 0 Å². The molecule has 120 valence electrons. The first kappa shape index (κ1) is 15.8. The van der Waals surface area contributed by atoms with Crippen molar-refractivity contribution in [3.63, 3.8) is 0 Å². The highest BCUT2D eigenvalue weighted by atomic mass is 35.5. The number of rotatable bonds is 2. The van der Waals surface area contributed by atoms with Crippen LogP contribution in [-0.4, -0.2) is 67.9 Å². The maximum atomic E-state index is 12.5. The van der Waals surface area contributed by atoms with Gasteiger partial charge in [0.2, 0.25) is 0 Å². The van der Waals surface area contributed by atoms with Crippen molar-refractivity contribution in [1.29, 1.82) is 0 Å². The van der Waals surface area contributed by atoms with Crippen molar-refractivity contribution in [2.45, 2.75) is 12.5 Å². The second kappa shape index (κ2) is 6.18. The summed E-state index contributed by atoms with van der Waals surface area (Å²) in [5.74, 6) is 0.492. The minimum atomic E-state index is -2.86. The lowest BCUT2D eigenvalue weighted by molar-refractivity contribution is 0.0588. The summed E-state index contributed by atoms with van der Waals surface area (Å²) in [6.07, 6.45) is 0.709. The van der Waals surface area contributed by atoms with Gasteiger partial charge in [0.15, 0.2) is 9.84 Å². The Morgan fingerprint density at radius 2 is 1.82 bits per heavy atom. The van der Waals surface area contributed by atoms with Crippen molar-refractivity contribution in [1.82, 2.24) is 9.80 Å². The third-order valence-corrected chi connectivity index (χ3v) is 6.51. The topological polar surface area (TPSA) is 57.7 Å². The Morgan fingerprint density at radius 3 is 2.41 bits per heavy atom. The van der Waals surface area contributed by atoms with E-state index in [1.165, 1.54) is 0 Å². The standard InChI is InChI=1S/C15H19ClN2O3S/c16-14-4-2-1-3-13(14)15(19)18-8-6-17(7-9-18)12-5-10-22(20,21)11-12/h1-4,12H,5-11H2. The molecule has 5 nitrogen and oxygen atoms in total. The Kier molecular flexibility index (Phi) is 4.43. The number of halogens is 1. The number of nitrogens with zero attached hydrogens (tertiary/aromatic N) is 2. The third kappa shape index (κ3) is 3.29. The quantitative estimate of drug-likeness (QED) is 0.812. The molecule has 7 heteroatoms. The summed E-state index contributed by atoms with van der Waals surface area (Å²) in [4.78, 5) is 16.5. The summed E-state index contributed by atoms with van der Waals surface area (Å²) >= 11 is 6.08. The highest BCUT2D eigenvalue weighted by Gasteiger charge is 2.34. The zero-order valence-corrected chi connectivity index (χ0v) is 13.8. The lowest BCUT2D eigenvalue weighted by Gasteiger charge is -2.37. The van der Waals surface area contributed by atoms with Gasteiger partial charge in [-0.1, -0.05) is 23.7 Å². The van der Waals surface area contributed by atoms with Crippen LogP contribution < -0.4 is 0 Å². The first-order chi connectivity index (χ1) is 10.5. The van der Waals surface area contributed by atoms with E-state index in [1.807, 2.05) is 0 Å². The van der Waals surface area contributed by atoms with Gasteiger partial charge in [-0.2, -0.15) is 0 Å². The highest BCUT2D eigenvalue weighted by Crippen LogP contribution is 2.21. The van der Waals surface area contributed by atoms with E-state index < -0.39 is 9.84 Å². The molecule has 0 aromatic heterocycles. The number of carbonyl (C=O) groups excluding carboxylic acids is 1. The molecule has 0 bridgehead atoms. The molecule has 2 aliphatic rings. The molecule has 1 unspecified atom stereocenters. The van der Waals surface area contributed by atoms with E-state index in [2.05, 4.69) is 4.90 Å². The van der Waals surface area contributed by atoms with Crippen molar-refractivity contribution in [3.05, 3.63) is 34.9 Å². The molecule has 0 aliphatic carbocycles. The molecule has 2 aliphatic heterocycles. The Labute approximate surface area is 135 Å². The number of benzene rings is 1. The van der Waals surface area contributed by atoms with Crippen LogP contribution in [0.25, 0.3) is 0 Å². The molecular formula is C15H19ClN2O3S. The molecule has 1 amide bonds. The van der Waals surface area contributed by atoms with Crippen molar-refractivity contribution in [3.8, 4) is 0 Å². The summed E-state index contributed by atoms with van der Waals surface area (Å²) in [5, 5.41) is 0.469. The van der Waals surface area contributed by atoms with Gasteiger partial charge in [-0.05, 0) is 18.6 Å². The van der Waals surface area contributed by atoms with Crippen LogP contribution in [0.1, 0.15) is 16.8 Å². The Balaban J connectivity index is 1.60. The van der Waals surface area contributed by atoms with Gasteiger partial charge in [-0.15, -0.1) is 0 Å². The number of carbonyl (C=O) groups is 1. The Morgan fingerprint density at radius 1 is 1.14 bits per heavy atom. The van der Waals surface area contributed by atoms with E-state index in [1.54, 1.807) is 29.2 Å². The van der Waals surface area contributed by atoms with Crippen molar-refractivity contribution >= 4 is 27.3 Å². The number of piperazine rings is 1. The van der Waals surface area contributed by atoms with Crippen molar-refractivity contribution in [2.75, 3.05) is 37.7 Å². The third-order valence-electron chi connectivity index (χ3n) is 4.43. The van der Waals surface area contributed by atoms with Crippen LogP contribution in [-0.2, 0) is 9.84 Å². The second-order valence-electron chi connectivity index (χ2n) is 5.86. The first-order valence-electron chi connectivity index (χ1n) is 7.44. The van der Waals surface area contributed by atoms with Gasteiger partial charge in [0, 0.05) is 32.2 Å². The van der Waals surface area contributed by atoms with Crippen LogP contribution in [0, 0.1) is 0 Å². The number of amides is 1. The predicted molar refractivity (Wildman–Crippen MR) is 86.0 cm³/mol. The first-order valence-corrected chi connectivity index (χ1v) is 9.64. The molecule has 1 aromatic rings. The minimum absolute atomic E-state index is 0.0516. The van der Waals surface area contributed by atoms with Gasteiger partial charge in [0.25, 0.3) is 5.91 Å². The average molecular weight is 343 g/mol. The molecule has 2 fully saturated rings. The smallest absolute Gasteiger partial charge is 0.255 e. The molecular weight excluding hydrogens is 324 g/mol. The fourth-order valence-corrected chi connectivity index (χ4v) is 5.14. The number of hydrogen-bond acceptors (Lipinski definition) is 4. The normalized spacial score (nSPS) is 25.3. The zero-order valence-electron chi connectivity index (χ0n) is 12.2. The minimum Gasteiger partial charge on any atom is -0.336 e. The molecule has 2 saturated heterocycles. The molecule has 0 saturated carbocycles. The average Bonchev–Trinajstić information content (AvgIpc) is 2.87. The van der Waals surface area contributed by atoms with Crippen LogP contribution in [0.2, 0.25) is 5.02 Å². The molecule has 2 heterocycles. The summed E-state index contributed by atoms with van der Waals surface area (Å²) in [6.45, 7) is 2.66. The zero-order chi connectivity index (χ0) is 15.7. The van der Waals surface area contributed by atoms with Crippen LogP contribution in [0.5, 0.6) is 0 Å². The lowest BCUT2D eigenvalue weighted by atomic mass is 10.1. The molecule has 0 N–H and O–H groups in total. The van der Waals surface area contributed by atoms with E-state index in [4.69, 9.17) is 11.6 Å². The van der Waals surface area contributed by atoms with Crippen LogP contribution in [0.15, 0.2) is 24.3 Å². The largest absolute Gasteiger partial charge is 0.336 e. The Hall–Kier alpha value is -1.11. The number of sulfone groups is 1. The van der Waals surface area contributed by atoms with Gasteiger partial charge in [0.1, 0.15) is 0 Å². The van der Waals surface area contributed by atoms with Gasteiger partial charge in [-0.25, -0.2) is 8.42 Å². The van der Waals surface area contributed by atoms with E-state index in [9.17, 15) is 13.2 Å². The van der Waals surface area contributed by atoms with E-state index in [0.29, 0.717) is 30.1 Å². The van der Waals surface area contributed by atoms with Crippen LogP contribution >= 0.6 is 11.6 Å². The monoisotopic (exact) mass is 342 g/mol. The van der Waals surface area contributed by atoms with E-state index >= 15 is 0 Å². The van der Waals surface area contributed by atoms with E-state index in [-0.39, 0.29) is 23.5 Å². The predicted octanol–water partition coefficient (Wildman–Crippen LogP) is 1.28. The van der Waals surface area contributed by atoms with Gasteiger partial charge < -0.3 is 4.90 Å². The maximum absolute atomic E-state index is 12.5. The molecule has 1 atom stereocenters. The fraction of sp³-hybridized carbons (Fsp3) is 0.533. The number of hydrogen-bond donors (Lipinski definition) is 0. The van der Waals surface area contributed by atoms with Crippen molar-refractivity contribution < 1.29 is 13.2 Å². The second-order valence-corrected chi connectivity index (χ2v) is 8.50.